The predicted octanol–water partition coefficient (Wildman–Crippen LogP) is 1.78. The van der Waals surface area contributed by atoms with Gasteiger partial charge in [-0.2, -0.15) is 5.10 Å². The normalized spacial score (nSPS) is 10.7. The van der Waals surface area contributed by atoms with Crippen LogP contribution >= 0.6 is 0 Å². The lowest BCUT2D eigenvalue weighted by molar-refractivity contribution is -0.116. The van der Waals surface area contributed by atoms with Crippen LogP contribution in [-0.2, 0) is 17.9 Å². The third-order valence-corrected chi connectivity index (χ3v) is 3.29. The van der Waals surface area contributed by atoms with Gasteiger partial charge in [0.25, 0.3) is 0 Å². The topological polar surface area (TPSA) is 77.6 Å². The molecule has 7 nitrogen and oxygen atoms in total. The van der Waals surface area contributed by atoms with Gasteiger partial charge in [-0.05, 0) is 25.5 Å². The molecule has 1 aromatic carbocycles. The summed E-state index contributed by atoms with van der Waals surface area (Å²) in [5.41, 5.74) is 3.21. The number of nitrogens with one attached hydrogen (secondary N) is 1. The molecule has 7 heteroatoms. The highest BCUT2D eigenvalue weighted by molar-refractivity contribution is 5.88. The zero-order valence-corrected chi connectivity index (χ0v) is 13.1. The Morgan fingerprint density at radius 2 is 2.04 bits per heavy atom. The molecule has 0 saturated carbocycles. The van der Waals surface area contributed by atoms with Crippen LogP contribution in [0.15, 0.2) is 42.9 Å². The minimum atomic E-state index is -0.207. The summed E-state index contributed by atoms with van der Waals surface area (Å²) in [4.78, 5) is 16.1. The Kier molecular flexibility index (Phi) is 4.18. The van der Waals surface area contributed by atoms with E-state index in [4.69, 9.17) is 0 Å². The molecule has 0 saturated heterocycles. The van der Waals surface area contributed by atoms with Crippen LogP contribution in [0.2, 0.25) is 0 Å². The molecule has 1 N–H and O–H groups in total. The first kappa shape index (κ1) is 15.0. The van der Waals surface area contributed by atoms with Crippen LogP contribution in [0.25, 0.3) is 0 Å². The summed E-state index contributed by atoms with van der Waals surface area (Å²) in [6, 6.07) is 10.0. The van der Waals surface area contributed by atoms with E-state index in [9.17, 15) is 4.79 Å². The third kappa shape index (κ3) is 4.03. The average Bonchev–Trinajstić information content (AvgIpc) is 3.08. The van der Waals surface area contributed by atoms with E-state index >= 15 is 0 Å². The van der Waals surface area contributed by atoms with Crippen LogP contribution in [0.4, 0.5) is 5.95 Å². The third-order valence-electron chi connectivity index (χ3n) is 3.29. The Balaban J connectivity index is 1.59. The summed E-state index contributed by atoms with van der Waals surface area (Å²) in [5.74, 6) is 0.0907. The van der Waals surface area contributed by atoms with Crippen molar-refractivity contribution in [1.82, 2.24) is 24.5 Å². The highest BCUT2D eigenvalue weighted by atomic mass is 16.2. The van der Waals surface area contributed by atoms with E-state index in [1.165, 1.54) is 5.56 Å². The monoisotopic (exact) mass is 310 g/mol. The molecule has 0 aliphatic carbocycles. The summed E-state index contributed by atoms with van der Waals surface area (Å²) >= 11 is 0. The van der Waals surface area contributed by atoms with Crippen molar-refractivity contribution in [3.8, 4) is 0 Å². The smallest absolute Gasteiger partial charge is 0.248 e. The minimum absolute atomic E-state index is 0.139. The second-order valence-electron chi connectivity index (χ2n) is 5.46. The molecule has 0 aliphatic rings. The van der Waals surface area contributed by atoms with E-state index in [-0.39, 0.29) is 12.5 Å². The molecular weight excluding hydrogens is 292 g/mol. The molecule has 118 valence electrons. The highest BCUT2D eigenvalue weighted by Crippen LogP contribution is 2.06. The Morgan fingerprint density at radius 1 is 1.17 bits per heavy atom. The van der Waals surface area contributed by atoms with Crippen molar-refractivity contribution < 1.29 is 4.79 Å². The van der Waals surface area contributed by atoms with Crippen molar-refractivity contribution in [3.05, 3.63) is 59.7 Å². The maximum atomic E-state index is 11.9. The van der Waals surface area contributed by atoms with E-state index in [1.54, 1.807) is 21.9 Å². The maximum absolute atomic E-state index is 11.9. The molecule has 0 aliphatic heterocycles. The summed E-state index contributed by atoms with van der Waals surface area (Å²) < 4.78 is 3.27. The average molecular weight is 310 g/mol. The van der Waals surface area contributed by atoms with Crippen molar-refractivity contribution in [2.24, 2.45) is 0 Å². The number of nitrogens with zero attached hydrogens (tertiary/aromatic N) is 5. The van der Waals surface area contributed by atoms with Gasteiger partial charge in [-0.3, -0.25) is 14.8 Å². The highest BCUT2D eigenvalue weighted by Gasteiger charge is 2.08. The van der Waals surface area contributed by atoms with Gasteiger partial charge in [-0.1, -0.05) is 29.8 Å². The predicted molar refractivity (Wildman–Crippen MR) is 85.9 cm³/mol. The largest absolute Gasteiger partial charge is 0.292 e. The number of carbonyl (C=O) groups excluding carboxylic acids is 1. The molecule has 1 amide bonds. The van der Waals surface area contributed by atoms with Crippen LogP contribution in [0.5, 0.6) is 0 Å². The van der Waals surface area contributed by atoms with Gasteiger partial charge < -0.3 is 0 Å². The zero-order chi connectivity index (χ0) is 16.2. The van der Waals surface area contributed by atoms with Gasteiger partial charge in [-0.25, -0.2) is 9.67 Å². The summed E-state index contributed by atoms with van der Waals surface area (Å²) in [5, 5.41) is 11.1. The number of hydrogen-bond acceptors (Lipinski definition) is 4. The Labute approximate surface area is 134 Å². The molecule has 0 radical (unpaired) electrons. The molecule has 2 aromatic heterocycles. The molecule has 0 fully saturated rings. The van der Waals surface area contributed by atoms with Crippen molar-refractivity contribution in [2.45, 2.75) is 26.9 Å². The quantitative estimate of drug-likeness (QED) is 0.779. The van der Waals surface area contributed by atoms with E-state index in [0.29, 0.717) is 12.5 Å². The lowest BCUT2D eigenvalue weighted by atomic mass is 10.1. The van der Waals surface area contributed by atoms with Crippen LogP contribution in [0.3, 0.4) is 0 Å². The second-order valence-corrected chi connectivity index (χ2v) is 5.46. The molecule has 3 rings (SSSR count). The van der Waals surface area contributed by atoms with Crippen molar-refractivity contribution >= 4 is 11.9 Å². The number of aromatic nitrogens is 5. The molecule has 23 heavy (non-hydrogen) atoms. The Hall–Kier alpha value is -2.96. The SMILES string of the molecule is Cc1cccc(Cn2cnc(NC(=O)Cn3ccc(C)n3)n2)c1. The lowest BCUT2D eigenvalue weighted by Crippen LogP contribution is -2.20. The van der Waals surface area contributed by atoms with Crippen LogP contribution < -0.4 is 5.32 Å². The summed E-state index contributed by atoms with van der Waals surface area (Å²) in [6.45, 7) is 4.68. The van der Waals surface area contributed by atoms with Gasteiger partial charge in [0.2, 0.25) is 11.9 Å². The standard InChI is InChI=1S/C16H18N6O/c1-12-4-3-5-14(8-12)9-22-11-17-16(20-22)18-15(23)10-21-7-6-13(2)19-21/h3-8,11H,9-10H2,1-2H3,(H,18,20,23). The number of aryl methyl sites for hydroxylation is 2. The van der Waals surface area contributed by atoms with Gasteiger partial charge in [0.05, 0.1) is 12.2 Å². The summed E-state index contributed by atoms with van der Waals surface area (Å²) in [6.07, 6.45) is 3.37. The van der Waals surface area contributed by atoms with E-state index < -0.39 is 0 Å². The number of benzene rings is 1. The van der Waals surface area contributed by atoms with Gasteiger partial charge >= 0.3 is 0 Å². The van der Waals surface area contributed by atoms with E-state index in [2.05, 4.69) is 26.6 Å². The van der Waals surface area contributed by atoms with Crippen LogP contribution in [0, 0.1) is 13.8 Å². The van der Waals surface area contributed by atoms with Crippen LogP contribution in [-0.4, -0.2) is 30.5 Å². The zero-order valence-electron chi connectivity index (χ0n) is 13.1. The molecule has 2 heterocycles. The number of amides is 1. The van der Waals surface area contributed by atoms with E-state index in [0.717, 1.165) is 11.3 Å². The molecule has 3 aromatic rings. The fourth-order valence-electron chi connectivity index (χ4n) is 2.29. The Bertz CT molecular complexity index is 819. The molecule has 0 bridgehead atoms. The second kappa shape index (κ2) is 6.43. The van der Waals surface area contributed by atoms with Gasteiger partial charge in [0.1, 0.15) is 12.9 Å². The van der Waals surface area contributed by atoms with Crippen LogP contribution in [0.1, 0.15) is 16.8 Å². The minimum Gasteiger partial charge on any atom is -0.292 e. The fourth-order valence-corrected chi connectivity index (χ4v) is 2.29. The lowest BCUT2D eigenvalue weighted by Gasteiger charge is -2.03. The number of anilines is 1. The number of hydrogen-bond donors (Lipinski definition) is 1. The van der Waals surface area contributed by atoms with Gasteiger partial charge in [0, 0.05) is 6.20 Å². The first-order chi connectivity index (χ1) is 11.1. The number of rotatable bonds is 5. The molecule has 0 unspecified atom stereocenters. The number of carbonyl (C=O) groups is 1. The van der Waals surface area contributed by atoms with E-state index in [1.807, 2.05) is 38.1 Å². The maximum Gasteiger partial charge on any atom is 0.248 e. The first-order valence-electron chi connectivity index (χ1n) is 7.33. The molecular formula is C16H18N6O. The summed E-state index contributed by atoms with van der Waals surface area (Å²) in [7, 11) is 0. The molecule has 0 spiro atoms. The van der Waals surface area contributed by atoms with Crippen molar-refractivity contribution in [1.29, 1.82) is 0 Å². The fraction of sp³-hybridized carbons (Fsp3) is 0.250. The Morgan fingerprint density at radius 3 is 2.78 bits per heavy atom. The first-order valence-corrected chi connectivity index (χ1v) is 7.33. The van der Waals surface area contributed by atoms with Crippen molar-refractivity contribution in [3.63, 3.8) is 0 Å². The van der Waals surface area contributed by atoms with Crippen molar-refractivity contribution in [2.75, 3.05) is 5.32 Å². The van der Waals surface area contributed by atoms with Gasteiger partial charge in [-0.15, -0.1) is 5.10 Å². The van der Waals surface area contributed by atoms with Gasteiger partial charge in [0.15, 0.2) is 0 Å². The molecule has 0 atom stereocenters.